The van der Waals surface area contributed by atoms with E-state index in [-0.39, 0.29) is 24.2 Å². The third kappa shape index (κ3) is 4.82. The largest absolute Gasteiger partial charge is 0.484 e. The Bertz CT molecular complexity index is 1160. The summed E-state index contributed by atoms with van der Waals surface area (Å²) in [6.45, 7) is -0.168. The van der Waals surface area contributed by atoms with Crippen LogP contribution in [0.15, 0.2) is 77.3 Å². The minimum atomic E-state index is -0.344. The van der Waals surface area contributed by atoms with Crippen LogP contribution in [0.5, 0.6) is 5.75 Å². The summed E-state index contributed by atoms with van der Waals surface area (Å²) in [6.07, 6.45) is 0. The van der Waals surface area contributed by atoms with Gasteiger partial charge in [-0.15, -0.1) is 0 Å². The van der Waals surface area contributed by atoms with E-state index >= 15 is 0 Å². The van der Waals surface area contributed by atoms with Crippen LogP contribution in [0, 0.1) is 5.82 Å². The molecule has 6 nitrogen and oxygen atoms in total. The molecule has 3 aromatic carbocycles. The first kappa shape index (κ1) is 19.6. The van der Waals surface area contributed by atoms with Gasteiger partial charge >= 0.3 is 0 Å². The van der Waals surface area contributed by atoms with Crippen LogP contribution in [0.1, 0.15) is 0 Å². The van der Waals surface area contributed by atoms with Crippen LogP contribution in [0.4, 0.5) is 10.1 Å². The number of nitrogens with zero attached hydrogens (tertiary/aromatic N) is 2. The number of ether oxygens (including phenoxy) is 1. The number of aromatic nitrogens is 2. The highest BCUT2D eigenvalue weighted by molar-refractivity contribution is 6.30. The zero-order valence-electron chi connectivity index (χ0n) is 15.5. The first-order valence-corrected chi connectivity index (χ1v) is 9.33. The number of rotatable bonds is 6. The maximum absolute atomic E-state index is 13.1. The summed E-state index contributed by atoms with van der Waals surface area (Å²) in [7, 11) is 0. The molecular formula is C22H15ClFN3O3. The minimum Gasteiger partial charge on any atom is -0.484 e. The number of benzene rings is 3. The fourth-order valence-electron chi connectivity index (χ4n) is 2.65. The van der Waals surface area contributed by atoms with E-state index in [1.165, 1.54) is 12.1 Å². The average molecular weight is 424 g/mol. The average Bonchev–Trinajstić information content (AvgIpc) is 3.25. The number of halogens is 2. The Kier molecular flexibility index (Phi) is 5.72. The molecule has 150 valence electrons. The van der Waals surface area contributed by atoms with Crippen molar-refractivity contribution in [2.75, 3.05) is 11.9 Å². The third-order valence-corrected chi connectivity index (χ3v) is 4.36. The van der Waals surface area contributed by atoms with Crippen molar-refractivity contribution in [2.45, 2.75) is 0 Å². The normalized spacial score (nSPS) is 10.6. The molecule has 0 aliphatic rings. The van der Waals surface area contributed by atoms with Crippen molar-refractivity contribution in [3.05, 3.63) is 83.6 Å². The van der Waals surface area contributed by atoms with Crippen molar-refractivity contribution >= 4 is 23.2 Å². The minimum absolute atomic E-state index is 0.168. The lowest BCUT2D eigenvalue weighted by Crippen LogP contribution is -2.20. The Balaban J connectivity index is 1.41. The van der Waals surface area contributed by atoms with Gasteiger partial charge in [0.15, 0.2) is 6.61 Å². The molecule has 0 aliphatic heterocycles. The van der Waals surface area contributed by atoms with Crippen molar-refractivity contribution in [1.82, 2.24) is 10.1 Å². The zero-order valence-corrected chi connectivity index (χ0v) is 16.3. The first-order valence-electron chi connectivity index (χ1n) is 8.95. The highest BCUT2D eigenvalue weighted by Gasteiger charge is 2.12. The van der Waals surface area contributed by atoms with E-state index in [1.807, 2.05) is 0 Å². The smallest absolute Gasteiger partial charge is 0.262 e. The molecule has 1 aromatic heterocycles. The number of hydrogen-bond donors (Lipinski definition) is 1. The fraction of sp³-hybridized carbons (Fsp3) is 0.0455. The number of anilines is 1. The number of amides is 1. The van der Waals surface area contributed by atoms with Crippen LogP contribution in [-0.2, 0) is 4.79 Å². The molecule has 0 saturated heterocycles. The predicted molar refractivity (Wildman–Crippen MR) is 111 cm³/mol. The summed E-state index contributed by atoms with van der Waals surface area (Å²) in [5, 5.41) is 7.27. The van der Waals surface area contributed by atoms with Gasteiger partial charge in [0.2, 0.25) is 5.82 Å². The van der Waals surface area contributed by atoms with Gasteiger partial charge in [-0.2, -0.15) is 4.98 Å². The van der Waals surface area contributed by atoms with E-state index in [1.54, 1.807) is 60.7 Å². The lowest BCUT2D eigenvalue weighted by atomic mass is 10.2. The molecule has 0 radical (unpaired) electrons. The fourth-order valence-corrected chi connectivity index (χ4v) is 2.78. The van der Waals surface area contributed by atoms with Crippen LogP contribution in [0.25, 0.3) is 22.8 Å². The van der Waals surface area contributed by atoms with Crippen molar-refractivity contribution in [3.8, 4) is 28.6 Å². The molecule has 0 atom stereocenters. The summed E-state index contributed by atoms with van der Waals surface area (Å²) >= 11 is 5.83. The van der Waals surface area contributed by atoms with Gasteiger partial charge in [-0.05, 0) is 60.7 Å². The van der Waals surface area contributed by atoms with Gasteiger partial charge < -0.3 is 14.6 Å². The number of carbonyl (C=O) groups is 1. The van der Waals surface area contributed by atoms with E-state index in [2.05, 4.69) is 15.5 Å². The van der Waals surface area contributed by atoms with Crippen molar-refractivity contribution in [3.63, 3.8) is 0 Å². The van der Waals surface area contributed by atoms with Crippen molar-refractivity contribution < 1.29 is 18.4 Å². The van der Waals surface area contributed by atoms with Crippen molar-refractivity contribution in [1.29, 1.82) is 0 Å². The Labute approximate surface area is 176 Å². The topological polar surface area (TPSA) is 77.2 Å². The Morgan fingerprint density at radius 3 is 2.57 bits per heavy atom. The molecule has 4 aromatic rings. The van der Waals surface area contributed by atoms with E-state index < -0.39 is 0 Å². The molecule has 0 saturated carbocycles. The van der Waals surface area contributed by atoms with Gasteiger partial charge in [0, 0.05) is 21.8 Å². The molecule has 1 heterocycles. The summed E-state index contributed by atoms with van der Waals surface area (Å²) < 4.78 is 23.9. The van der Waals surface area contributed by atoms with Gasteiger partial charge in [0.05, 0.1) is 0 Å². The maximum Gasteiger partial charge on any atom is 0.262 e. The molecule has 0 bridgehead atoms. The summed E-state index contributed by atoms with van der Waals surface area (Å²) in [6, 6.07) is 19.5. The molecule has 8 heteroatoms. The van der Waals surface area contributed by atoms with Gasteiger partial charge in [-0.25, -0.2) is 4.39 Å². The molecule has 0 spiro atoms. The lowest BCUT2D eigenvalue weighted by molar-refractivity contribution is -0.118. The van der Waals surface area contributed by atoms with E-state index in [0.717, 1.165) is 0 Å². The molecule has 4 rings (SSSR count). The number of hydrogen-bond acceptors (Lipinski definition) is 5. The van der Waals surface area contributed by atoms with Crippen LogP contribution in [-0.4, -0.2) is 22.7 Å². The Morgan fingerprint density at radius 1 is 1.03 bits per heavy atom. The van der Waals surface area contributed by atoms with E-state index in [4.69, 9.17) is 20.9 Å². The van der Waals surface area contributed by atoms with Gasteiger partial charge in [-0.3, -0.25) is 4.79 Å². The van der Waals surface area contributed by atoms with Gasteiger partial charge in [-0.1, -0.05) is 28.9 Å². The summed E-state index contributed by atoms with van der Waals surface area (Å²) in [5.41, 5.74) is 1.89. The first-order chi connectivity index (χ1) is 14.6. The predicted octanol–water partition coefficient (Wildman–Crippen LogP) is 5.21. The third-order valence-electron chi connectivity index (χ3n) is 4.11. The van der Waals surface area contributed by atoms with Crippen LogP contribution < -0.4 is 10.1 Å². The summed E-state index contributed by atoms with van der Waals surface area (Å²) in [5.74, 6) is 0.459. The maximum atomic E-state index is 13.1. The number of carbonyl (C=O) groups excluding carboxylic acids is 1. The van der Waals surface area contributed by atoms with E-state index in [9.17, 15) is 9.18 Å². The van der Waals surface area contributed by atoms with E-state index in [0.29, 0.717) is 33.4 Å². The molecule has 0 fully saturated rings. The summed E-state index contributed by atoms with van der Waals surface area (Å²) in [4.78, 5) is 16.4. The molecule has 0 aliphatic carbocycles. The molecule has 30 heavy (non-hydrogen) atoms. The molecular weight excluding hydrogens is 409 g/mol. The zero-order chi connectivity index (χ0) is 20.9. The van der Waals surface area contributed by atoms with Crippen LogP contribution in [0.2, 0.25) is 5.02 Å². The Morgan fingerprint density at radius 2 is 1.80 bits per heavy atom. The molecule has 0 unspecified atom stereocenters. The monoisotopic (exact) mass is 423 g/mol. The Hall–Kier alpha value is -3.71. The SMILES string of the molecule is O=C(COc1cccc(-c2noc(-c3ccc(F)cc3)n2)c1)Nc1ccc(Cl)cc1. The highest BCUT2D eigenvalue weighted by Crippen LogP contribution is 2.25. The lowest BCUT2D eigenvalue weighted by Gasteiger charge is -2.08. The van der Waals surface area contributed by atoms with Gasteiger partial charge in [0.1, 0.15) is 11.6 Å². The van der Waals surface area contributed by atoms with Crippen LogP contribution >= 0.6 is 11.6 Å². The highest BCUT2D eigenvalue weighted by atomic mass is 35.5. The quantitative estimate of drug-likeness (QED) is 0.460. The van der Waals surface area contributed by atoms with Gasteiger partial charge in [0.25, 0.3) is 11.8 Å². The molecule has 1 amide bonds. The second kappa shape index (κ2) is 8.75. The molecule has 1 N–H and O–H groups in total. The van der Waals surface area contributed by atoms with Crippen LogP contribution in [0.3, 0.4) is 0 Å². The standard InChI is InChI=1S/C22H15ClFN3O3/c23-16-6-10-18(11-7-16)25-20(28)13-29-19-3-1-2-15(12-19)21-26-22(30-27-21)14-4-8-17(24)9-5-14/h1-12H,13H2,(H,25,28). The second-order valence-corrected chi connectivity index (χ2v) is 6.74. The number of nitrogens with one attached hydrogen (secondary N) is 1. The van der Waals surface area contributed by atoms with Crippen molar-refractivity contribution in [2.24, 2.45) is 0 Å². The second-order valence-electron chi connectivity index (χ2n) is 6.30.